The highest BCUT2D eigenvalue weighted by Crippen LogP contribution is 2.47. The summed E-state index contributed by atoms with van der Waals surface area (Å²) in [5.41, 5.74) is 2.95. The first-order chi connectivity index (χ1) is 13.1. The van der Waals surface area contributed by atoms with E-state index in [-0.39, 0.29) is 5.91 Å². The van der Waals surface area contributed by atoms with Crippen LogP contribution in [0.2, 0.25) is 0 Å². The number of rotatable bonds is 9. The molecule has 1 aliphatic carbocycles. The van der Waals surface area contributed by atoms with E-state index >= 15 is 0 Å². The highest BCUT2D eigenvalue weighted by atomic mass is 16.5. The van der Waals surface area contributed by atoms with E-state index in [0.29, 0.717) is 41.3 Å². The SMILES string of the molecule is CCCCOc1ccc(C(=O)N/N=C\c2ccc([C@@H]3C[C@@H]3C)o2)cc1OC. The Balaban J connectivity index is 1.57. The van der Waals surface area contributed by atoms with Gasteiger partial charge in [0.15, 0.2) is 11.5 Å². The summed E-state index contributed by atoms with van der Waals surface area (Å²) in [5, 5.41) is 3.98. The van der Waals surface area contributed by atoms with E-state index in [4.69, 9.17) is 13.9 Å². The van der Waals surface area contributed by atoms with Crippen LogP contribution < -0.4 is 14.9 Å². The Morgan fingerprint density at radius 1 is 1.33 bits per heavy atom. The summed E-state index contributed by atoms with van der Waals surface area (Å²) in [7, 11) is 1.55. The van der Waals surface area contributed by atoms with E-state index < -0.39 is 0 Å². The van der Waals surface area contributed by atoms with Crippen LogP contribution in [0.15, 0.2) is 39.9 Å². The van der Waals surface area contributed by atoms with Gasteiger partial charge in [0, 0.05) is 11.5 Å². The summed E-state index contributed by atoms with van der Waals surface area (Å²) < 4.78 is 16.7. The van der Waals surface area contributed by atoms with Crippen LogP contribution in [0.25, 0.3) is 0 Å². The van der Waals surface area contributed by atoms with Gasteiger partial charge < -0.3 is 13.9 Å². The maximum atomic E-state index is 12.3. The van der Waals surface area contributed by atoms with Gasteiger partial charge in [0.2, 0.25) is 0 Å². The second kappa shape index (κ2) is 8.75. The first-order valence-electron chi connectivity index (χ1n) is 9.36. The topological polar surface area (TPSA) is 73.1 Å². The third-order valence-electron chi connectivity index (χ3n) is 4.66. The largest absolute Gasteiger partial charge is 0.493 e. The smallest absolute Gasteiger partial charge is 0.271 e. The second-order valence-electron chi connectivity index (χ2n) is 6.83. The number of methoxy groups -OCH3 is 1. The molecule has 1 heterocycles. The number of nitrogens with zero attached hydrogens (tertiary/aromatic N) is 1. The molecule has 6 heteroatoms. The first kappa shape index (κ1) is 19.0. The van der Waals surface area contributed by atoms with Crippen molar-refractivity contribution in [3.63, 3.8) is 0 Å². The molecule has 144 valence electrons. The molecule has 1 amide bonds. The van der Waals surface area contributed by atoms with Gasteiger partial charge in [-0.05, 0) is 49.1 Å². The Labute approximate surface area is 159 Å². The van der Waals surface area contributed by atoms with Crippen LogP contribution in [0.4, 0.5) is 0 Å². The van der Waals surface area contributed by atoms with Gasteiger partial charge in [0.25, 0.3) is 5.91 Å². The molecule has 0 spiro atoms. The Bertz CT molecular complexity index is 812. The molecule has 1 aromatic heterocycles. The van der Waals surface area contributed by atoms with Gasteiger partial charge in [-0.25, -0.2) is 5.43 Å². The van der Waals surface area contributed by atoms with Crippen LogP contribution in [0.5, 0.6) is 11.5 Å². The predicted octanol–water partition coefficient (Wildman–Crippen LogP) is 4.35. The molecular weight excluding hydrogens is 344 g/mol. The quantitative estimate of drug-likeness (QED) is 0.404. The molecule has 2 atom stereocenters. The molecule has 1 saturated carbocycles. The van der Waals surface area contributed by atoms with E-state index in [1.54, 1.807) is 25.3 Å². The lowest BCUT2D eigenvalue weighted by Gasteiger charge is -2.11. The summed E-state index contributed by atoms with van der Waals surface area (Å²) in [6.07, 6.45) is 4.70. The molecule has 1 N–H and O–H groups in total. The highest BCUT2D eigenvalue weighted by molar-refractivity contribution is 5.95. The van der Waals surface area contributed by atoms with Gasteiger partial charge in [-0.15, -0.1) is 0 Å². The number of hydrazone groups is 1. The molecule has 0 bridgehead atoms. The molecule has 1 aromatic carbocycles. The van der Waals surface area contributed by atoms with Gasteiger partial charge in [-0.2, -0.15) is 5.10 Å². The van der Waals surface area contributed by atoms with Gasteiger partial charge in [0.1, 0.15) is 11.5 Å². The fraction of sp³-hybridized carbons (Fsp3) is 0.429. The number of hydrogen-bond donors (Lipinski definition) is 1. The number of amides is 1. The highest BCUT2D eigenvalue weighted by Gasteiger charge is 2.36. The third-order valence-corrected chi connectivity index (χ3v) is 4.66. The van der Waals surface area contributed by atoms with E-state index in [1.807, 2.05) is 12.1 Å². The molecule has 0 aliphatic heterocycles. The van der Waals surface area contributed by atoms with E-state index in [2.05, 4.69) is 24.4 Å². The van der Waals surface area contributed by atoms with E-state index in [0.717, 1.165) is 18.6 Å². The average Bonchev–Trinajstić information content (AvgIpc) is 3.22. The molecule has 1 fully saturated rings. The van der Waals surface area contributed by atoms with Crippen molar-refractivity contribution < 1.29 is 18.7 Å². The first-order valence-corrected chi connectivity index (χ1v) is 9.36. The van der Waals surface area contributed by atoms with Gasteiger partial charge in [-0.3, -0.25) is 4.79 Å². The fourth-order valence-electron chi connectivity index (χ4n) is 2.83. The Kier molecular flexibility index (Phi) is 6.16. The van der Waals surface area contributed by atoms with Crippen LogP contribution in [0.3, 0.4) is 0 Å². The molecule has 27 heavy (non-hydrogen) atoms. The van der Waals surface area contributed by atoms with Crippen LogP contribution in [-0.4, -0.2) is 25.8 Å². The average molecular weight is 370 g/mol. The molecule has 0 radical (unpaired) electrons. The Hall–Kier alpha value is -2.76. The number of furan rings is 1. The van der Waals surface area contributed by atoms with Crippen LogP contribution in [0, 0.1) is 5.92 Å². The number of hydrogen-bond acceptors (Lipinski definition) is 5. The third kappa shape index (κ3) is 4.90. The number of nitrogens with one attached hydrogen (secondary N) is 1. The monoisotopic (exact) mass is 370 g/mol. The lowest BCUT2D eigenvalue weighted by atomic mass is 10.2. The van der Waals surface area contributed by atoms with Crippen molar-refractivity contribution in [2.24, 2.45) is 11.0 Å². The van der Waals surface area contributed by atoms with Crippen LogP contribution in [-0.2, 0) is 0 Å². The standard InChI is InChI=1S/C21H26N2O4/c1-4-5-10-26-19-8-6-15(12-20(19)25-3)21(24)23-22-13-16-7-9-18(27-16)17-11-14(17)2/h6-9,12-14,17H,4-5,10-11H2,1-3H3,(H,23,24)/b22-13-/t14-,17+/m0/s1. The van der Waals surface area contributed by atoms with Crippen LogP contribution >= 0.6 is 0 Å². The lowest BCUT2D eigenvalue weighted by Crippen LogP contribution is -2.17. The maximum Gasteiger partial charge on any atom is 0.271 e. The van der Waals surface area contributed by atoms with Gasteiger partial charge in [0.05, 0.1) is 19.9 Å². The summed E-state index contributed by atoms with van der Waals surface area (Å²) in [6, 6.07) is 8.91. The number of ether oxygens (including phenoxy) is 2. The normalized spacial score (nSPS) is 18.5. The number of carbonyl (C=O) groups excluding carboxylic acids is 1. The summed E-state index contributed by atoms with van der Waals surface area (Å²) in [4.78, 5) is 12.3. The Morgan fingerprint density at radius 2 is 2.15 bits per heavy atom. The van der Waals surface area contributed by atoms with Gasteiger partial charge in [-0.1, -0.05) is 20.3 Å². The minimum absolute atomic E-state index is 0.327. The fourth-order valence-corrected chi connectivity index (χ4v) is 2.83. The van der Waals surface area contributed by atoms with Crippen molar-refractivity contribution in [2.45, 2.75) is 39.0 Å². The van der Waals surface area contributed by atoms with Crippen molar-refractivity contribution in [2.75, 3.05) is 13.7 Å². The van der Waals surface area contributed by atoms with Crippen molar-refractivity contribution >= 4 is 12.1 Å². The number of benzene rings is 1. The number of unbranched alkanes of at least 4 members (excludes halogenated alkanes) is 1. The van der Waals surface area contributed by atoms with Crippen molar-refractivity contribution in [3.05, 3.63) is 47.4 Å². The minimum Gasteiger partial charge on any atom is -0.493 e. The van der Waals surface area contributed by atoms with Gasteiger partial charge >= 0.3 is 0 Å². The lowest BCUT2D eigenvalue weighted by molar-refractivity contribution is 0.0954. The number of carbonyl (C=O) groups is 1. The van der Waals surface area contributed by atoms with E-state index in [1.165, 1.54) is 12.6 Å². The predicted molar refractivity (Wildman–Crippen MR) is 104 cm³/mol. The second-order valence-corrected chi connectivity index (χ2v) is 6.83. The zero-order valence-electron chi connectivity index (χ0n) is 16.0. The summed E-state index contributed by atoms with van der Waals surface area (Å²) in [5.74, 6) is 3.64. The molecule has 6 nitrogen and oxygen atoms in total. The molecule has 2 aromatic rings. The molecule has 0 unspecified atom stereocenters. The van der Waals surface area contributed by atoms with Crippen molar-refractivity contribution in [1.82, 2.24) is 5.43 Å². The summed E-state index contributed by atoms with van der Waals surface area (Å²) >= 11 is 0. The zero-order valence-corrected chi connectivity index (χ0v) is 16.0. The zero-order chi connectivity index (χ0) is 19.2. The molecule has 3 rings (SSSR count). The maximum absolute atomic E-state index is 12.3. The van der Waals surface area contributed by atoms with E-state index in [9.17, 15) is 4.79 Å². The Morgan fingerprint density at radius 3 is 2.85 bits per heavy atom. The summed E-state index contributed by atoms with van der Waals surface area (Å²) in [6.45, 7) is 4.92. The van der Waals surface area contributed by atoms with Crippen molar-refractivity contribution in [1.29, 1.82) is 0 Å². The molecular formula is C21H26N2O4. The van der Waals surface area contributed by atoms with Crippen LogP contribution in [0.1, 0.15) is 60.9 Å². The van der Waals surface area contributed by atoms with Crippen molar-refractivity contribution in [3.8, 4) is 11.5 Å². The minimum atomic E-state index is -0.327. The molecule has 0 saturated heterocycles. The molecule has 1 aliphatic rings.